The maximum Gasteiger partial charge on any atom is 0.251 e. The first kappa shape index (κ1) is 21.3. The van der Waals surface area contributed by atoms with E-state index in [9.17, 15) is 13.2 Å². The standard InChI is InChI=1S/C22H28N2O4S/c1-17(2)28-20-10-8-18(9-11-20)12-13-23-22(25)19-6-5-7-21(16-19)29(26,27)24-14-3-4-15-24/h5-11,16-17H,3-4,12-15H2,1-2H3,(H,23,25). The minimum absolute atomic E-state index is 0.130. The molecule has 2 aromatic rings. The minimum Gasteiger partial charge on any atom is -0.491 e. The second-order valence-corrected chi connectivity index (χ2v) is 9.39. The van der Waals surface area contributed by atoms with Gasteiger partial charge < -0.3 is 10.1 Å². The number of carbonyl (C=O) groups excluding carboxylic acids is 1. The fraction of sp³-hybridized carbons (Fsp3) is 0.409. The van der Waals surface area contributed by atoms with Crippen LogP contribution >= 0.6 is 0 Å². The van der Waals surface area contributed by atoms with Gasteiger partial charge in [-0.2, -0.15) is 4.31 Å². The predicted octanol–water partition coefficient (Wildman–Crippen LogP) is 3.23. The van der Waals surface area contributed by atoms with Crippen molar-refractivity contribution in [3.8, 4) is 5.75 Å². The largest absolute Gasteiger partial charge is 0.491 e. The molecule has 1 amide bonds. The van der Waals surface area contributed by atoms with E-state index in [-0.39, 0.29) is 16.9 Å². The number of ether oxygens (including phenoxy) is 1. The maximum absolute atomic E-state index is 12.7. The lowest BCUT2D eigenvalue weighted by Crippen LogP contribution is -2.29. The van der Waals surface area contributed by atoms with Gasteiger partial charge in [0.25, 0.3) is 5.91 Å². The van der Waals surface area contributed by atoms with Crippen LogP contribution in [0.15, 0.2) is 53.4 Å². The number of nitrogens with zero attached hydrogens (tertiary/aromatic N) is 1. The fourth-order valence-corrected chi connectivity index (χ4v) is 4.87. The smallest absolute Gasteiger partial charge is 0.251 e. The third-order valence-corrected chi connectivity index (χ3v) is 6.69. The minimum atomic E-state index is -3.53. The number of carbonyl (C=O) groups is 1. The molecule has 0 aromatic heterocycles. The van der Waals surface area contributed by atoms with Gasteiger partial charge in [0.2, 0.25) is 10.0 Å². The summed E-state index contributed by atoms with van der Waals surface area (Å²) in [6.07, 6.45) is 2.57. The molecule has 0 radical (unpaired) electrons. The Balaban J connectivity index is 1.57. The Bertz CT molecular complexity index is 934. The van der Waals surface area contributed by atoms with Crippen LogP contribution in [0.3, 0.4) is 0 Å². The summed E-state index contributed by atoms with van der Waals surface area (Å²) in [5, 5.41) is 2.86. The zero-order valence-corrected chi connectivity index (χ0v) is 17.7. The van der Waals surface area contributed by atoms with E-state index < -0.39 is 10.0 Å². The molecule has 3 rings (SSSR count). The van der Waals surface area contributed by atoms with E-state index in [1.165, 1.54) is 10.4 Å². The summed E-state index contributed by atoms with van der Waals surface area (Å²) in [4.78, 5) is 12.6. The van der Waals surface area contributed by atoms with Crippen molar-refractivity contribution in [3.05, 3.63) is 59.7 Å². The Morgan fingerprint density at radius 3 is 2.45 bits per heavy atom. The van der Waals surface area contributed by atoms with E-state index in [4.69, 9.17) is 4.74 Å². The Kier molecular flexibility index (Phi) is 6.92. The molecule has 0 bridgehead atoms. The van der Waals surface area contributed by atoms with Crippen LogP contribution in [0.2, 0.25) is 0 Å². The molecule has 0 saturated carbocycles. The van der Waals surface area contributed by atoms with Crippen molar-refractivity contribution in [1.82, 2.24) is 9.62 Å². The van der Waals surface area contributed by atoms with Crippen molar-refractivity contribution in [2.45, 2.75) is 44.1 Å². The molecule has 1 aliphatic rings. The molecule has 1 aliphatic heterocycles. The summed E-state index contributed by atoms with van der Waals surface area (Å²) >= 11 is 0. The molecule has 0 aliphatic carbocycles. The van der Waals surface area contributed by atoms with Crippen molar-refractivity contribution < 1.29 is 17.9 Å². The Hall–Kier alpha value is -2.38. The highest BCUT2D eigenvalue weighted by Gasteiger charge is 2.27. The quantitative estimate of drug-likeness (QED) is 0.717. The number of hydrogen-bond donors (Lipinski definition) is 1. The molecular formula is C22H28N2O4S. The second-order valence-electron chi connectivity index (χ2n) is 7.46. The van der Waals surface area contributed by atoms with Gasteiger partial charge in [0.05, 0.1) is 11.0 Å². The second kappa shape index (κ2) is 9.41. The highest BCUT2D eigenvalue weighted by molar-refractivity contribution is 7.89. The van der Waals surface area contributed by atoms with E-state index in [1.54, 1.807) is 18.2 Å². The van der Waals surface area contributed by atoms with Crippen LogP contribution < -0.4 is 10.1 Å². The van der Waals surface area contributed by atoms with Crippen LogP contribution in [-0.4, -0.2) is 44.4 Å². The molecule has 0 unspecified atom stereocenters. The average molecular weight is 417 g/mol. The van der Waals surface area contributed by atoms with Crippen molar-refractivity contribution in [1.29, 1.82) is 0 Å². The molecule has 1 fully saturated rings. The number of amides is 1. The topological polar surface area (TPSA) is 75.7 Å². The first-order valence-electron chi connectivity index (χ1n) is 10.0. The van der Waals surface area contributed by atoms with Crippen LogP contribution in [0.5, 0.6) is 5.75 Å². The van der Waals surface area contributed by atoms with Crippen LogP contribution in [0, 0.1) is 0 Å². The van der Waals surface area contributed by atoms with Crippen molar-refractivity contribution in [2.24, 2.45) is 0 Å². The van der Waals surface area contributed by atoms with Gasteiger partial charge in [-0.3, -0.25) is 4.79 Å². The summed E-state index contributed by atoms with van der Waals surface area (Å²) in [5.41, 5.74) is 1.44. The molecule has 29 heavy (non-hydrogen) atoms. The summed E-state index contributed by atoms with van der Waals surface area (Å²) in [6, 6.07) is 14.1. The highest BCUT2D eigenvalue weighted by atomic mass is 32.2. The Labute approximate surface area is 172 Å². The van der Waals surface area contributed by atoms with Gasteiger partial charge in [0.15, 0.2) is 0 Å². The molecule has 156 valence electrons. The molecular weight excluding hydrogens is 388 g/mol. The summed E-state index contributed by atoms with van der Waals surface area (Å²) in [5.74, 6) is 0.548. The van der Waals surface area contributed by atoms with Crippen molar-refractivity contribution in [2.75, 3.05) is 19.6 Å². The van der Waals surface area contributed by atoms with Crippen LogP contribution in [-0.2, 0) is 16.4 Å². The molecule has 2 aromatic carbocycles. The summed E-state index contributed by atoms with van der Waals surface area (Å²) < 4.78 is 32.5. The first-order valence-corrected chi connectivity index (χ1v) is 11.4. The van der Waals surface area contributed by atoms with Gasteiger partial charge in [-0.25, -0.2) is 8.42 Å². The molecule has 1 N–H and O–H groups in total. The van der Waals surface area contributed by atoms with E-state index >= 15 is 0 Å². The van der Waals surface area contributed by atoms with E-state index in [1.807, 2.05) is 38.1 Å². The van der Waals surface area contributed by atoms with Crippen molar-refractivity contribution >= 4 is 15.9 Å². The van der Waals surface area contributed by atoms with E-state index in [0.29, 0.717) is 31.6 Å². The Morgan fingerprint density at radius 2 is 1.79 bits per heavy atom. The third kappa shape index (κ3) is 5.58. The third-order valence-electron chi connectivity index (χ3n) is 4.79. The molecule has 0 atom stereocenters. The van der Waals surface area contributed by atoms with Gasteiger partial charge in [-0.1, -0.05) is 18.2 Å². The fourth-order valence-electron chi connectivity index (χ4n) is 3.30. The molecule has 6 nitrogen and oxygen atoms in total. The molecule has 1 saturated heterocycles. The molecule has 1 heterocycles. The zero-order chi connectivity index (χ0) is 20.9. The van der Waals surface area contributed by atoms with Crippen LogP contribution in [0.4, 0.5) is 0 Å². The lowest BCUT2D eigenvalue weighted by Gasteiger charge is -2.16. The normalized spacial score (nSPS) is 14.9. The number of benzene rings is 2. The van der Waals surface area contributed by atoms with Gasteiger partial charge in [0.1, 0.15) is 5.75 Å². The zero-order valence-electron chi connectivity index (χ0n) is 16.9. The average Bonchev–Trinajstić information content (AvgIpc) is 3.25. The number of sulfonamides is 1. The van der Waals surface area contributed by atoms with Crippen LogP contribution in [0.1, 0.15) is 42.6 Å². The number of nitrogens with one attached hydrogen (secondary N) is 1. The van der Waals surface area contributed by atoms with E-state index in [0.717, 1.165) is 24.2 Å². The SMILES string of the molecule is CC(C)Oc1ccc(CCNC(=O)c2cccc(S(=O)(=O)N3CCCC3)c2)cc1. The van der Waals surface area contributed by atoms with Gasteiger partial charge >= 0.3 is 0 Å². The molecule has 0 spiro atoms. The van der Waals surface area contributed by atoms with E-state index in [2.05, 4.69) is 5.32 Å². The number of hydrogen-bond acceptors (Lipinski definition) is 4. The van der Waals surface area contributed by atoms with Crippen molar-refractivity contribution in [3.63, 3.8) is 0 Å². The molecule has 7 heteroatoms. The van der Waals surface area contributed by atoms with Crippen LogP contribution in [0.25, 0.3) is 0 Å². The Morgan fingerprint density at radius 1 is 1.10 bits per heavy atom. The van der Waals surface area contributed by atoms with Gasteiger partial charge in [0, 0.05) is 25.2 Å². The van der Waals surface area contributed by atoms with Gasteiger partial charge in [-0.15, -0.1) is 0 Å². The number of rotatable bonds is 8. The lowest BCUT2D eigenvalue weighted by atomic mass is 10.1. The first-order chi connectivity index (χ1) is 13.9. The summed E-state index contributed by atoms with van der Waals surface area (Å²) in [6.45, 7) is 5.51. The van der Waals surface area contributed by atoms with Gasteiger partial charge in [-0.05, 0) is 69.0 Å². The monoisotopic (exact) mass is 416 g/mol. The predicted molar refractivity (Wildman–Crippen MR) is 113 cm³/mol. The summed E-state index contributed by atoms with van der Waals surface area (Å²) in [7, 11) is -3.53. The maximum atomic E-state index is 12.7. The highest BCUT2D eigenvalue weighted by Crippen LogP contribution is 2.21. The lowest BCUT2D eigenvalue weighted by molar-refractivity contribution is 0.0954.